The molecule has 6 heteroatoms. The van der Waals surface area contributed by atoms with Crippen LogP contribution >= 0.6 is 0 Å². The average molecular weight is 222 g/mol. The van der Waals surface area contributed by atoms with Crippen LogP contribution in [0.3, 0.4) is 0 Å². The summed E-state index contributed by atoms with van der Waals surface area (Å²) in [6.45, 7) is 5.87. The molecule has 1 fully saturated rings. The molecule has 0 amide bonds. The van der Waals surface area contributed by atoms with Gasteiger partial charge in [-0.1, -0.05) is 0 Å². The zero-order chi connectivity index (χ0) is 10.6. The molecule has 14 heavy (non-hydrogen) atoms. The second kappa shape index (κ2) is 5.06. The Hall–Kier alpha value is -0.170. The molecular formula is C8H18N2O3S. The summed E-state index contributed by atoms with van der Waals surface area (Å²) in [5.41, 5.74) is 0. The molecular weight excluding hydrogens is 204 g/mol. The van der Waals surface area contributed by atoms with E-state index in [2.05, 4.69) is 9.62 Å². The highest BCUT2D eigenvalue weighted by Crippen LogP contribution is 1.98. The topological polar surface area (TPSA) is 58.6 Å². The van der Waals surface area contributed by atoms with E-state index in [9.17, 15) is 8.42 Å². The van der Waals surface area contributed by atoms with Crippen LogP contribution in [0.4, 0.5) is 0 Å². The van der Waals surface area contributed by atoms with Gasteiger partial charge >= 0.3 is 0 Å². The highest BCUT2D eigenvalue weighted by atomic mass is 32.2. The summed E-state index contributed by atoms with van der Waals surface area (Å²) in [5.74, 6) is 0. The predicted octanol–water partition coefficient (Wildman–Crippen LogP) is -0.744. The van der Waals surface area contributed by atoms with Crippen LogP contribution in [0.15, 0.2) is 0 Å². The van der Waals surface area contributed by atoms with Gasteiger partial charge < -0.3 is 4.74 Å². The second-order valence-corrected chi connectivity index (χ2v) is 5.48. The van der Waals surface area contributed by atoms with E-state index in [0.29, 0.717) is 0 Å². The summed E-state index contributed by atoms with van der Waals surface area (Å²) in [4.78, 5) is 2.20. The molecule has 0 aromatic heterocycles. The van der Waals surface area contributed by atoms with Crippen LogP contribution in [0.1, 0.15) is 6.92 Å². The molecule has 1 heterocycles. The first-order chi connectivity index (χ1) is 6.47. The van der Waals surface area contributed by atoms with Gasteiger partial charge in [-0.2, -0.15) is 0 Å². The summed E-state index contributed by atoms with van der Waals surface area (Å²) in [5, 5.41) is 0. The Morgan fingerprint density at radius 2 is 2.00 bits per heavy atom. The first-order valence-corrected chi connectivity index (χ1v) is 6.64. The van der Waals surface area contributed by atoms with E-state index in [1.807, 2.05) is 6.92 Å². The van der Waals surface area contributed by atoms with Crippen LogP contribution < -0.4 is 4.72 Å². The summed E-state index contributed by atoms with van der Waals surface area (Å²) in [7, 11) is -3.08. The Labute approximate surface area is 85.5 Å². The molecule has 0 aromatic carbocycles. The number of hydrogen-bond donors (Lipinski definition) is 1. The first kappa shape index (κ1) is 11.9. The normalized spacial score (nSPS) is 22.1. The van der Waals surface area contributed by atoms with E-state index < -0.39 is 10.0 Å². The van der Waals surface area contributed by atoms with E-state index in [-0.39, 0.29) is 6.04 Å². The van der Waals surface area contributed by atoms with E-state index in [1.165, 1.54) is 6.26 Å². The minimum Gasteiger partial charge on any atom is -0.379 e. The van der Waals surface area contributed by atoms with Gasteiger partial charge in [0.05, 0.1) is 19.5 Å². The summed E-state index contributed by atoms with van der Waals surface area (Å²) < 4.78 is 29.6. The van der Waals surface area contributed by atoms with Crippen LogP contribution in [0, 0.1) is 0 Å². The van der Waals surface area contributed by atoms with Gasteiger partial charge in [0.2, 0.25) is 10.0 Å². The van der Waals surface area contributed by atoms with Crippen LogP contribution in [-0.4, -0.2) is 58.5 Å². The minimum absolute atomic E-state index is 0.0388. The lowest BCUT2D eigenvalue weighted by molar-refractivity contribution is 0.0354. The van der Waals surface area contributed by atoms with Crippen molar-refractivity contribution in [2.24, 2.45) is 0 Å². The molecule has 0 saturated carbocycles. The maximum Gasteiger partial charge on any atom is 0.208 e. The summed E-state index contributed by atoms with van der Waals surface area (Å²) in [6.07, 6.45) is 1.18. The van der Waals surface area contributed by atoms with Crippen molar-refractivity contribution in [1.82, 2.24) is 9.62 Å². The number of rotatable bonds is 4. The van der Waals surface area contributed by atoms with Gasteiger partial charge in [0.25, 0.3) is 0 Å². The first-order valence-electron chi connectivity index (χ1n) is 4.75. The molecule has 0 spiro atoms. The Morgan fingerprint density at radius 3 is 2.50 bits per heavy atom. The smallest absolute Gasteiger partial charge is 0.208 e. The number of nitrogens with zero attached hydrogens (tertiary/aromatic N) is 1. The van der Waals surface area contributed by atoms with Crippen molar-refractivity contribution in [2.75, 3.05) is 39.1 Å². The van der Waals surface area contributed by atoms with Gasteiger partial charge in [0.15, 0.2) is 0 Å². The largest absolute Gasteiger partial charge is 0.379 e. The number of ether oxygens (including phenoxy) is 1. The quantitative estimate of drug-likeness (QED) is 0.680. The van der Waals surface area contributed by atoms with Crippen LogP contribution in [0.2, 0.25) is 0 Å². The average Bonchev–Trinajstić information content (AvgIpc) is 2.02. The SMILES string of the molecule is C[C@@H](CN1CCOCC1)NS(C)(=O)=O. The number of sulfonamides is 1. The number of morpholine rings is 1. The molecule has 0 aliphatic carbocycles. The maximum atomic E-state index is 10.9. The van der Waals surface area contributed by atoms with Crippen molar-refractivity contribution in [3.63, 3.8) is 0 Å². The van der Waals surface area contributed by atoms with Gasteiger partial charge in [-0.05, 0) is 6.92 Å². The second-order valence-electron chi connectivity index (χ2n) is 3.70. The monoisotopic (exact) mass is 222 g/mol. The summed E-state index contributed by atoms with van der Waals surface area (Å²) in [6, 6.07) is -0.0388. The Balaban J connectivity index is 2.28. The lowest BCUT2D eigenvalue weighted by Gasteiger charge is -2.29. The predicted molar refractivity (Wildman–Crippen MR) is 54.7 cm³/mol. The third-order valence-electron chi connectivity index (χ3n) is 2.05. The fourth-order valence-electron chi connectivity index (χ4n) is 1.57. The van der Waals surface area contributed by atoms with Crippen LogP contribution in [0.5, 0.6) is 0 Å². The van der Waals surface area contributed by atoms with E-state index in [0.717, 1.165) is 32.8 Å². The Kier molecular flexibility index (Phi) is 4.31. The van der Waals surface area contributed by atoms with E-state index in [4.69, 9.17) is 4.74 Å². The van der Waals surface area contributed by atoms with Crippen LogP contribution in [-0.2, 0) is 14.8 Å². The van der Waals surface area contributed by atoms with Crippen molar-refractivity contribution in [3.8, 4) is 0 Å². The molecule has 0 radical (unpaired) electrons. The fraction of sp³-hybridized carbons (Fsp3) is 1.00. The Bertz CT molecular complexity index is 260. The third kappa shape index (κ3) is 4.90. The standard InChI is InChI=1S/C8H18N2O3S/c1-8(9-14(2,11)12)7-10-3-5-13-6-4-10/h8-9H,3-7H2,1-2H3/t8-/m0/s1. The van der Waals surface area contributed by atoms with Gasteiger partial charge in [0.1, 0.15) is 0 Å². The molecule has 84 valence electrons. The number of nitrogens with one attached hydrogen (secondary N) is 1. The lowest BCUT2D eigenvalue weighted by Crippen LogP contribution is -2.45. The molecule has 0 aromatic rings. The zero-order valence-corrected chi connectivity index (χ0v) is 9.51. The molecule has 1 aliphatic rings. The molecule has 1 N–H and O–H groups in total. The van der Waals surface area contributed by atoms with Gasteiger partial charge in [0, 0.05) is 25.7 Å². The molecule has 1 saturated heterocycles. The van der Waals surface area contributed by atoms with Crippen molar-refractivity contribution in [1.29, 1.82) is 0 Å². The van der Waals surface area contributed by atoms with E-state index in [1.54, 1.807) is 0 Å². The number of hydrogen-bond acceptors (Lipinski definition) is 4. The molecule has 1 aliphatic heterocycles. The Morgan fingerprint density at radius 1 is 1.43 bits per heavy atom. The van der Waals surface area contributed by atoms with Gasteiger partial charge in [-0.3, -0.25) is 4.90 Å². The highest BCUT2D eigenvalue weighted by molar-refractivity contribution is 7.88. The molecule has 1 rings (SSSR count). The van der Waals surface area contributed by atoms with Crippen LogP contribution in [0.25, 0.3) is 0 Å². The third-order valence-corrected chi connectivity index (χ3v) is 2.88. The van der Waals surface area contributed by atoms with Gasteiger partial charge in [-0.25, -0.2) is 13.1 Å². The van der Waals surface area contributed by atoms with Crippen molar-refractivity contribution < 1.29 is 13.2 Å². The van der Waals surface area contributed by atoms with Crippen molar-refractivity contribution >= 4 is 10.0 Å². The molecule has 1 atom stereocenters. The lowest BCUT2D eigenvalue weighted by atomic mass is 10.3. The minimum atomic E-state index is -3.08. The highest BCUT2D eigenvalue weighted by Gasteiger charge is 2.15. The summed E-state index contributed by atoms with van der Waals surface area (Å²) >= 11 is 0. The molecule has 0 unspecified atom stereocenters. The zero-order valence-electron chi connectivity index (χ0n) is 8.69. The molecule has 0 bridgehead atoms. The van der Waals surface area contributed by atoms with Crippen molar-refractivity contribution in [2.45, 2.75) is 13.0 Å². The van der Waals surface area contributed by atoms with Gasteiger partial charge in [-0.15, -0.1) is 0 Å². The van der Waals surface area contributed by atoms with Crippen molar-refractivity contribution in [3.05, 3.63) is 0 Å². The fourth-order valence-corrected chi connectivity index (χ4v) is 2.38. The maximum absolute atomic E-state index is 10.9. The van der Waals surface area contributed by atoms with E-state index >= 15 is 0 Å². The molecule has 5 nitrogen and oxygen atoms in total.